The van der Waals surface area contributed by atoms with E-state index in [2.05, 4.69) is 16.8 Å². The van der Waals surface area contributed by atoms with Gasteiger partial charge in [-0.1, -0.05) is 17.7 Å². The molecule has 1 aliphatic rings. The second-order valence-corrected chi connectivity index (χ2v) is 5.27. The Morgan fingerprint density at radius 1 is 1.33 bits per heavy atom. The molecule has 0 aliphatic carbocycles. The summed E-state index contributed by atoms with van der Waals surface area (Å²) in [4.78, 5) is 4.66. The molecule has 0 amide bonds. The number of benzene rings is 1. The summed E-state index contributed by atoms with van der Waals surface area (Å²) in [5, 5.41) is 10.0. The molecule has 0 bridgehead atoms. The van der Waals surface area contributed by atoms with Gasteiger partial charge in [0.15, 0.2) is 0 Å². The van der Waals surface area contributed by atoms with Gasteiger partial charge in [0.05, 0.1) is 6.61 Å². The van der Waals surface area contributed by atoms with Gasteiger partial charge in [0.1, 0.15) is 0 Å². The number of rotatable bonds is 5. The Balaban J connectivity index is 1.99. The molecule has 0 saturated carbocycles. The lowest BCUT2D eigenvalue weighted by Gasteiger charge is -2.25. The molecule has 0 aromatic heterocycles. The van der Waals surface area contributed by atoms with Crippen molar-refractivity contribution in [2.45, 2.75) is 19.4 Å². The highest BCUT2D eigenvalue weighted by Crippen LogP contribution is 2.26. The summed E-state index contributed by atoms with van der Waals surface area (Å²) in [6.45, 7) is 4.47. The first kappa shape index (κ1) is 13.7. The minimum Gasteiger partial charge on any atom is -0.392 e. The molecule has 4 heteroatoms. The molecule has 0 unspecified atom stereocenters. The van der Waals surface area contributed by atoms with Gasteiger partial charge in [0, 0.05) is 36.4 Å². The summed E-state index contributed by atoms with van der Waals surface area (Å²) < 4.78 is 0. The normalized spacial score (nSPS) is 16.2. The molecule has 100 valence electrons. The largest absolute Gasteiger partial charge is 0.392 e. The number of hydrogen-bond acceptors (Lipinski definition) is 3. The lowest BCUT2D eigenvalue weighted by Crippen LogP contribution is -2.31. The predicted octanol–water partition coefficient (Wildman–Crippen LogP) is 2.36. The second kappa shape index (κ2) is 6.41. The molecule has 1 N–H and O–H groups in total. The van der Waals surface area contributed by atoms with E-state index in [-0.39, 0.29) is 6.61 Å². The predicted molar refractivity (Wildman–Crippen MR) is 76.3 cm³/mol. The minimum absolute atomic E-state index is 0.0109. The Morgan fingerprint density at radius 3 is 2.72 bits per heavy atom. The molecule has 1 heterocycles. The van der Waals surface area contributed by atoms with Crippen molar-refractivity contribution in [3.05, 3.63) is 28.8 Å². The highest BCUT2D eigenvalue weighted by atomic mass is 35.5. The number of likely N-dealkylation sites (tertiary alicyclic amines) is 1. The van der Waals surface area contributed by atoms with Crippen LogP contribution < -0.4 is 4.90 Å². The van der Waals surface area contributed by atoms with Gasteiger partial charge in [0.25, 0.3) is 0 Å². The van der Waals surface area contributed by atoms with Crippen LogP contribution in [0.1, 0.15) is 18.4 Å². The summed E-state index contributed by atoms with van der Waals surface area (Å²) >= 11 is 6.10. The van der Waals surface area contributed by atoms with Crippen LogP contribution in [0.5, 0.6) is 0 Å². The van der Waals surface area contributed by atoms with Crippen LogP contribution in [0, 0.1) is 0 Å². The van der Waals surface area contributed by atoms with Crippen molar-refractivity contribution in [3.8, 4) is 0 Å². The quantitative estimate of drug-likeness (QED) is 0.888. The van der Waals surface area contributed by atoms with Crippen molar-refractivity contribution in [1.29, 1.82) is 0 Å². The highest BCUT2D eigenvalue weighted by molar-refractivity contribution is 6.31. The van der Waals surface area contributed by atoms with Crippen LogP contribution >= 0.6 is 11.6 Å². The summed E-state index contributed by atoms with van der Waals surface area (Å²) in [6.07, 6.45) is 2.64. The average molecular weight is 269 g/mol. The van der Waals surface area contributed by atoms with Gasteiger partial charge in [-0.2, -0.15) is 0 Å². The van der Waals surface area contributed by atoms with Crippen molar-refractivity contribution >= 4 is 17.3 Å². The van der Waals surface area contributed by atoms with Crippen molar-refractivity contribution in [2.24, 2.45) is 0 Å². The first-order chi connectivity index (χ1) is 8.72. The number of likely N-dealkylation sites (N-methyl/N-ethyl adjacent to an activating group) is 1. The topological polar surface area (TPSA) is 26.7 Å². The third-order valence-corrected chi connectivity index (χ3v) is 3.97. The number of aliphatic hydroxyl groups is 1. The molecule has 3 nitrogen and oxygen atoms in total. The maximum atomic E-state index is 9.41. The first-order valence-electron chi connectivity index (χ1n) is 6.54. The molecule has 1 aromatic rings. The zero-order chi connectivity index (χ0) is 13.0. The molecule has 18 heavy (non-hydrogen) atoms. The van der Waals surface area contributed by atoms with E-state index in [1.807, 2.05) is 18.2 Å². The van der Waals surface area contributed by atoms with Crippen LogP contribution in [0.4, 0.5) is 5.69 Å². The van der Waals surface area contributed by atoms with Crippen LogP contribution in [0.3, 0.4) is 0 Å². The number of nitrogens with zero attached hydrogens (tertiary/aromatic N) is 2. The van der Waals surface area contributed by atoms with E-state index in [1.165, 1.54) is 25.9 Å². The Labute approximate surface area is 114 Å². The number of aliphatic hydroxyl groups excluding tert-OH is 1. The van der Waals surface area contributed by atoms with E-state index in [1.54, 1.807) is 0 Å². The van der Waals surface area contributed by atoms with Crippen molar-refractivity contribution in [1.82, 2.24) is 4.90 Å². The zero-order valence-electron chi connectivity index (χ0n) is 10.9. The Bertz CT molecular complexity index is 391. The molecule has 0 radical (unpaired) electrons. The Kier molecular flexibility index (Phi) is 4.87. The lowest BCUT2D eigenvalue weighted by atomic mass is 10.1. The van der Waals surface area contributed by atoms with E-state index in [9.17, 15) is 5.11 Å². The maximum absolute atomic E-state index is 9.41. The van der Waals surface area contributed by atoms with Gasteiger partial charge in [-0.05, 0) is 38.1 Å². The molecule has 2 rings (SSSR count). The monoisotopic (exact) mass is 268 g/mol. The van der Waals surface area contributed by atoms with Crippen LogP contribution in [0.2, 0.25) is 5.02 Å². The van der Waals surface area contributed by atoms with Gasteiger partial charge in [-0.25, -0.2) is 0 Å². The molecule has 0 spiro atoms. The van der Waals surface area contributed by atoms with Crippen molar-refractivity contribution in [2.75, 3.05) is 38.1 Å². The summed E-state index contributed by atoms with van der Waals surface area (Å²) in [5.74, 6) is 0. The van der Waals surface area contributed by atoms with E-state index in [4.69, 9.17) is 11.6 Å². The van der Waals surface area contributed by atoms with Crippen LogP contribution in [0.25, 0.3) is 0 Å². The molecular weight excluding hydrogens is 248 g/mol. The maximum Gasteiger partial charge on any atom is 0.0716 e. The zero-order valence-corrected chi connectivity index (χ0v) is 11.7. The van der Waals surface area contributed by atoms with Crippen LogP contribution in [-0.4, -0.2) is 43.2 Å². The summed E-state index contributed by atoms with van der Waals surface area (Å²) in [7, 11) is 2.06. The van der Waals surface area contributed by atoms with Crippen molar-refractivity contribution < 1.29 is 5.11 Å². The number of anilines is 1. The molecule has 1 fully saturated rings. The molecule has 1 saturated heterocycles. The Morgan fingerprint density at radius 2 is 2.06 bits per heavy atom. The molecular formula is C14H21ClN2O. The molecule has 1 aliphatic heterocycles. The SMILES string of the molecule is CN(CCN1CCCC1)c1cccc(Cl)c1CO. The van der Waals surface area contributed by atoms with E-state index >= 15 is 0 Å². The third-order valence-electron chi connectivity index (χ3n) is 3.61. The number of hydrogen-bond donors (Lipinski definition) is 1. The van der Waals surface area contributed by atoms with E-state index in [0.717, 1.165) is 24.3 Å². The van der Waals surface area contributed by atoms with Gasteiger partial charge >= 0.3 is 0 Å². The summed E-state index contributed by atoms with van der Waals surface area (Å²) in [6, 6.07) is 5.77. The fourth-order valence-electron chi connectivity index (χ4n) is 2.48. The first-order valence-corrected chi connectivity index (χ1v) is 6.92. The van der Waals surface area contributed by atoms with Gasteiger partial charge in [-0.3, -0.25) is 0 Å². The molecule has 0 atom stereocenters. The van der Waals surface area contributed by atoms with Gasteiger partial charge in [0.2, 0.25) is 0 Å². The smallest absolute Gasteiger partial charge is 0.0716 e. The highest BCUT2D eigenvalue weighted by Gasteiger charge is 2.14. The average Bonchev–Trinajstić information content (AvgIpc) is 2.88. The standard InChI is InChI=1S/C14H21ClN2O/c1-16(9-10-17-7-2-3-8-17)14-6-4-5-13(15)12(14)11-18/h4-6,18H,2-3,7-11H2,1H3. The summed E-state index contributed by atoms with van der Waals surface area (Å²) in [5.41, 5.74) is 1.85. The van der Waals surface area contributed by atoms with Gasteiger partial charge < -0.3 is 14.9 Å². The third kappa shape index (κ3) is 3.16. The van der Waals surface area contributed by atoms with Crippen LogP contribution in [0.15, 0.2) is 18.2 Å². The fraction of sp³-hybridized carbons (Fsp3) is 0.571. The van der Waals surface area contributed by atoms with Crippen LogP contribution in [-0.2, 0) is 6.61 Å². The lowest BCUT2D eigenvalue weighted by molar-refractivity contribution is 0.282. The minimum atomic E-state index is -0.0109. The van der Waals surface area contributed by atoms with Crippen molar-refractivity contribution in [3.63, 3.8) is 0 Å². The second-order valence-electron chi connectivity index (χ2n) is 4.87. The van der Waals surface area contributed by atoms with E-state index < -0.39 is 0 Å². The fourth-order valence-corrected chi connectivity index (χ4v) is 2.71. The number of halogens is 1. The Hall–Kier alpha value is -0.770. The van der Waals surface area contributed by atoms with E-state index in [0.29, 0.717) is 5.02 Å². The van der Waals surface area contributed by atoms with Gasteiger partial charge in [-0.15, -0.1) is 0 Å². The molecule has 1 aromatic carbocycles.